The van der Waals surface area contributed by atoms with Crippen molar-refractivity contribution in [3.05, 3.63) is 131 Å². The number of hydrogen-bond acceptors (Lipinski definition) is 3. The molecule has 0 heterocycles. The van der Waals surface area contributed by atoms with Crippen molar-refractivity contribution in [2.75, 3.05) is 4.90 Å². The van der Waals surface area contributed by atoms with Crippen molar-refractivity contribution < 1.29 is 19.4 Å². The molecule has 4 aromatic rings. The number of carboxylic acid groups (broad SMARTS) is 1. The van der Waals surface area contributed by atoms with Crippen molar-refractivity contribution in [1.29, 1.82) is 0 Å². The number of hydrogen-bond donors (Lipinski definition) is 1. The lowest BCUT2D eigenvalue weighted by Crippen LogP contribution is -2.32. The van der Waals surface area contributed by atoms with Crippen LogP contribution in [0.1, 0.15) is 31.8 Å². The Balaban J connectivity index is 1.80. The van der Waals surface area contributed by atoms with Crippen LogP contribution in [0.4, 0.5) is 5.69 Å². The summed E-state index contributed by atoms with van der Waals surface area (Å²) in [5.41, 5.74) is 2.51. The van der Waals surface area contributed by atoms with Gasteiger partial charge in [0, 0.05) is 5.56 Å². The molecule has 164 valence electrons. The smallest absolute Gasteiger partial charge is 0.337 e. The third-order valence-corrected chi connectivity index (χ3v) is 5.19. The van der Waals surface area contributed by atoms with Crippen LogP contribution in [0.25, 0.3) is 0 Å². The maximum absolute atomic E-state index is 13.6. The first kappa shape index (κ1) is 21.8. The number of aromatic carboxylic acids is 1. The minimum Gasteiger partial charge on any atom is -0.487 e. The lowest BCUT2D eigenvalue weighted by molar-refractivity contribution is 0.0697. The summed E-state index contributed by atoms with van der Waals surface area (Å²) in [6, 6.07) is 32.7. The Kier molecular flexibility index (Phi) is 6.81. The van der Waals surface area contributed by atoms with Gasteiger partial charge >= 0.3 is 5.97 Å². The van der Waals surface area contributed by atoms with E-state index in [0.717, 1.165) is 11.1 Å². The molecule has 0 saturated heterocycles. The van der Waals surface area contributed by atoms with Gasteiger partial charge in [-0.1, -0.05) is 84.9 Å². The van der Waals surface area contributed by atoms with Gasteiger partial charge in [-0.2, -0.15) is 0 Å². The number of ether oxygens (including phenoxy) is 1. The molecule has 0 atom stereocenters. The standard InChI is InChI=1S/C28H23NO4/c30-27(23-15-8-3-9-16-23)29(19-21-11-4-1-5-12-21)26-24(28(31)32)17-10-18-25(26)33-20-22-13-6-2-7-14-22/h1-18H,19-20H2,(H,31,32). The molecule has 5 heteroatoms. The van der Waals surface area contributed by atoms with E-state index in [9.17, 15) is 14.7 Å². The minimum absolute atomic E-state index is 0.000717. The molecule has 0 aromatic heterocycles. The molecule has 1 amide bonds. The maximum atomic E-state index is 13.6. The van der Waals surface area contributed by atoms with Gasteiger partial charge in [0.1, 0.15) is 18.0 Å². The van der Waals surface area contributed by atoms with Crippen molar-refractivity contribution in [3.8, 4) is 5.75 Å². The number of rotatable bonds is 8. The summed E-state index contributed by atoms with van der Waals surface area (Å²) < 4.78 is 6.06. The third-order valence-electron chi connectivity index (χ3n) is 5.19. The number of anilines is 1. The molecule has 0 aliphatic heterocycles. The molecule has 0 radical (unpaired) electrons. The highest BCUT2D eigenvalue weighted by Crippen LogP contribution is 2.35. The number of carboxylic acids is 1. The van der Waals surface area contributed by atoms with Crippen molar-refractivity contribution >= 4 is 17.6 Å². The van der Waals surface area contributed by atoms with Gasteiger partial charge in [0.15, 0.2) is 0 Å². The lowest BCUT2D eigenvalue weighted by Gasteiger charge is -2.27. The maximum Gasteiger partial charge on any atom is 0.337 e. The van der Waals surface area contributed by atoms with Crippen LogP contribution in [-0.4, -0.2) is 17.0 Å². The highest BCUT2D eigenvalue weighted by Gasteiger charge is 2.27. The molecule has 0 spiro atoms. The predicted octanol–water partition coefficient (Wildman–Crippen LogP) is 5.81. The summed E-state index contributed by atoms with van der Waals surface area (Å²) in [7, 11) is 0. The van der Waals surface area contributed by atoms with Crippen LogP contribution in [0.15, 0.2) is 109 Å². The average Bonchev–Trinajstić information content (AvgIpc) is 2.87. The van der Waals surface area contributed by atoms with Gasteiger partial charge < -0.3 is 9.84 Å². The second-order valence-electron chi connectivity index (χ2n) is 7.47. The van der Waals surface area contributed by atoms with Crippen LogP contribution >= 0.6 is 0 Å². The van der Waals surface area contributed by atoms with Crippen molar-refractivity contribution in [2.24, 2.45) is 0 Å². The monoisotopic (exact) mass is 437 g/mol. The molecule has 0 bridgehead atoms. The summed E-state index contributed by atoms with van der Waals surface area (Å²) >= 11 is 0. The fraction of sp³-hybridized carbons (Fsp3) is 0.0714. The van der Waals surface area contributed by atoms with Crippen LogP contribution in [0.5, 0.6) is 5.75 Å². The van der Waals surface area contributed by atoms with E-state index in [4.69, 9.17) is 4.74 Å². The molecule has 4 rings (SSSR count). The van der Waals surface area contributed by atoms with Gasteiger partial charge in [0.2, 0.25) is 0 Å². The molecule has 0 aliphatic carbocycles. The Morgan fingerprint density at radius 1 is 0.697 bits per heavy atom. The average molecular weight is 437 g/mol. The molecular weight excluding hydrogens is 414 g/mol. The Morgan fingerprint density at radius 2 is 1.27 bits per heavy atom. The summed E-state index contributed by atoms with van der Waals surface area (Å²) in [5, 5.41) is 9.95. The Bertz CT molecular complexity index is 1220. The minimum atomic E-state index is -1.13. The largest absolute Gasteiger partial charge is 0.487 e. The fourth-order valence-corrected chi connectivity index (χ4v) is 3.58. The Hall–Kier alpha value is -4.38. The van der Waals surface area contributed by atoms with Gasteiger partial charge in [-0.3, -0.25) is 9.69 Å². The highest BCUT2D eigenvalue weighted by atomic mass is 16.5. The first-order valence-electron chi connectivity index (χ1n) is 10.6. The van der Waals surface area contributed by atoms with E-state index in [1.807, 2.05) is 66.7 Å². The molecule has 33 heavy (non-hydrogen) atoms. The summed E-state index contributed by atoms with van der Waals surface area (Å²) in [6.07, 6.45) is 0. The normalized spacial score (nSPS) is 10.4. The van der Waals surface area contributed by atoms with Crippen LogP contribution in [-0.2, 0) is 13.2 Å². The molecule has 4 aromatic carbocycles. The topological polar surface area (TPSA) is 66.8 Å². The molecule has 0 aliphatic rings. The summed E-state index contributed by atoms with van der Waals surface area (Å²) in [4.78, 5) is 27.3. The van der Waals surface area contributed by atoms with Gasteiger partial charge in [-0.05, 0) is 35.4 Å². The molecule has 0 unspecified atom stereocenters. The second kappa shape index (κ2) is 10.3. The third kappa shape index (κ3) is 5.28. The molecule has 1 N–H and O–H groups in total. The Labute approximate surface area is 192 Å². The van der Waals surface area contributed by atoms with Gasteiger partial charge in [-0.15, -0.1) is 0 Å². The molecular formula is C28H23NO4. The van der Waals surface area contributed by atoms with Crippen molar-refractivity contribution in [3.63, 3.8) is 0 Å². The quantitative estimate of drug-likeness (QED) is 0.378. The van der Waals surface area contributed by atoms with Gasteiger partial charge in [0.25, 0.3) is 5.91 Å². The van der Waals surface area contributed by atoms with Crippen molar-refractivity contribution in [1.82, 2.24) is 0 Å². The van der Waals surface area contributed by atoms with E-state index in [0.29, 0.717) is 11.3 Å². The van der Waals surface area contributed by atoms with E-state index in [1.165, 1.54) is 11.0 Å². The van der Waals surface area contributed by atoms with E-state index in [2.05, 4.69) is 0 Å². The first-order chi connectivity index (χ1) is 16.1. The zero-order valence-electron chi connectivity index (χ0n) is 17.9. The van der Waals surface area contributed by atoms with E-state index in [-0.39, 0.29) is 30.3 Å². The van der Waals surface area contributed by atoms with Gasteiger partial charge in [-0.25, -0.2) is 4.79 Å². The fourth-order valence-electron chi connectivity index (χ4n) is 3.58. The van der Waals surface area contributed by atoms with E-state index < -0.39 is 5.97 Å². The van der Waals surface area contributed by atoms with E-state index in [1.54, 1.807) is 36.4 Å². The van der Waals surface area contributed by atoms with Gasteiger partial charge in [0.05, 0.1) is 12.1 Å². The summed E-state index contributed by atoms with van der Waals surface area (Å²) in [5.74, 6) is -1.11. The Morgan fingerprint density at radius 3 is 1.88 bits per heavy atom. The first-order valence-corrected chi connectivity index (χ1v) is 10.6. The number of benzene rings is 4. The van der Waals surface area contributed by atoms with Crippen molar-refractivity contribution in [2.45, 2.75) is 13.2 Å². The number of nitrogens with zero attached hydrogens (tertiary/aromatic N) is 1. The molecule has 0 fully saturated rings. The molecule has 5 nitrogen and oxygen atoms in total. The predicted molar refractivity (Wildman–Crippen MR) is 128 cm³/mol. The zero-order chi connectivity index (χ0) is 23.0. The number of carbonyl (C=O) groups is 2. The zero-order valence-corrected chi connectivity index (χ0v) is 17.9. The summed E-state index contributed by atoms with van der Waals surface area (Å²) in [6.45, 7) is 0.441. The lowest BCUT2D eigenvalue weighted by atomic mass is 10.1. The molecule has 0 saturated carbocycles. The van der Waals surface area contributed by atoms with Crippen LogP contribution < -0.4 is 9.64 Å². The number of carbonyl (C=O) groups excluding carboxylic acids is 1. The van der Waals surface area contributed by atoms with Crippen LogP contribution in [0.3, 0.4) is 0 Å². The van der Waals surface area contributed by atoms with Crippen LogP contribution in [0, 0.1) is 0 Å². The number of para-hydroxylation sites is 1. The van der Waals surface area contributed by atoms with E-state index >= 15 is 0 Å². The second-order valence-corrected chi connectivity index (χ2v) is 7.47. The number of amides is 1. The highest BCUT2D eigenvalue weighted by molar-refractivity contribution is 6.10. The van der Waals surface area contributed by atoms with Crippen LogP contribution in [0.2, 0.25) is 0 Å². The SMILES string of the molecule is O=C(O)c1cccc(OCc2ccccc2)c1N(Cc1ccccc1)C(=O)c1ccccc1.